The highest BCUT2D eigenvalue weighted by molar-refractivity contribution is 7.73. The van der Waals surface area contributed by atoms with Gasteiger partial charge in [0.05, 0.1) is 13.0 Å². The number of hydrogen-bond acceptors (Lipinski definition) is 2. The minimum absolute atomic E-state index is 0.0603. The number of hydrogen-bond donors (Lipinski definition) is 0. The van der Waals surface area contributed by atoms with Gasteiger partial charge in [0.15, 0.2) is 0 Å². The van der Waals surface area contributed by atoms with E-state index in [2.05, 4.69) is 55.5 Å². The van der Waals surface area contributed by atoms with Gasteiger partial charge >= 0.3 is 5.97 Å². The van der Waals surface area contributed by atoms with Crippen LogP contribution < -0.4 is 10.6 Å². The van der Waals surface area contributed by atoms with Crippen molar-refractivity contribution in [1.82, 2.24) is 0 Å². The molecule has 0 aliphatic carbocycles. The van der Waals surface area contributed by atoms with Crippen LogP contribution in [-0.4, -0.2) is 18.7 Å². The number of esters is 1. The lowest BCUT2D eigenvalue weighted by Gasteiger charge is -2.18. The van der Waals surface area contributed by atoms with Crippen LogP contribution in [-0.2, 0) is 9.53 Å². The molecule has 2 aromatic carbocycles. The number of unbranched alkanes of at least 4 members (excludes halogenated alkanes) is 4. The Balaban J connectivity index is 1.83. The highest BCUT2D eigenvalue weighted by Crippen LogP contribution is 2.34. The molecule has 2 nitrogen and oxygen atoms in total. The molecule has 0 bridgehead atoms. The largest absolute Gasteiger partial charge is 0.466 e. The van der Waals surface area contributed by atoms with Crippen molar-refractivity contribution in [2.24, 2.45) is 0 Å². The van der Waals surface area contributed by atoms with Crippen LogP contribution in [0.3, 0.4) is 0 Å². The quantitative estimate of drug-likeness (QED) is 0.321. The van der Waals surface area contributed by atoms with Gasteiger partial charge in [-0.3, -0.25) is 4.79 Å². The first kappa shape index (κ1) is 19.7. The summed E-state index contributed by atoms with van der Waals surface area (Å²) < 4.78 is 5.42. The minimum Gasteiger partial charge on any atom is -0.466 e. The predicted octanol–water partition coefficient (Wildman–Crippen LogP) is 5.02. The van der Waals surface area contributed by atoms with Crippen LogP contribution >= 0.6 is 7.92 Å². The van der Waals surface area contributed by atoms with Crippen molar-refractivity contribution in [2.75, 3.05) is 12.8 Å². The summed E-state index contributed by atoms with van der Waals surface area (Å²) in [5.41, 5.74) is 0. The Kier molecular flexibility index (Phi) is 9.29. The average molecular weight is 356 g/mol. The first-order chi connectivity index (χ1) is 12.3. The lowest BCUT2D eigenvalue weighted by atomic mass is 10.2. The summed E-state index contributed by atoms with van der Waals surface area (Å²) in [6.07, 6.45) is 7.22. The lowest BCUT2D eigenvalue weighted by molar-refractivity contribution is -0.143. The average Bonchev–Trinajstić information content (AvgIpc) is 2.66. The standard InChI is InChI=1S/C22H29O2P/c1-2-3-4-5-12-18-24-22(23)17-19-25(20-13-8-6-9-14-20)21-15-10-7-11-16-21/h6-11,13-16H,2-5,12,17-19H2,1H3. The fraction of sp³-hybridized carbons (Fsp3) is 0.409. The number of benzene rings is 2. The molecule has 0 radical (unpaired) electrons. The molecule has 0 N–H and O–H groups in total. The molecule has 134 valence electrons. The van der Waals surface area contributed by atoms with E-state index in [9.17, 15) is 4.79 Å². The third-order valence-corrected chi connectivity index (χ3v) is 6.70. The van der Waals surface area contributed by atoms with Crippen LogP contribution in [0, 0.1) is 0 Å². The van der Waals surface area contributed by atoms with E-state index in [-0.39, 0.29) is 5.97 Å². The Morgan fingerprint density at radius 2 is 1.40 bits per heavy atom. The topological polar surface area (TPSA) is 26.3 Å². The van der Waals surface area contributed by atoms with E-state index in [1.165, 1.54) is 29.9 Å². The second-order valence-electron chi connectivity index (χ2n) is 6.21. The van der Waals surface area contributed by atoms with Crippen molar-refractivity contribution in [3.8, 4) is 0 Å². The first-order valence-corrected chi connectivity index (χ1v) is 10.9. The van der Waals surface area contributed by atoms with E-state index in [1.54, 1.807) is 0 Å². The smallest absolute Gasteiger partial charge is 0.306 e. The molecule has 0 spiro atoms. The fourth-order valence-electron chi connectivity index (χ4n) is 2.79. The van der Waals surface area contributed by atoms with Crippen molar-refractivity contribution >= 4 is 24.5 Å². The van der Waals surface area contributed by atoms with E-state index < -0.39 is 7.92 Å². The molecule has 0 amide bonds. The van der Waals surface area contributed by atoms with Crippen LogP contribution in [0.5, 0.6) is 0 Å². The van der Waals surface area contributed by atoms with Crippen molar-refractivity contribution in [3.63, 3.8) is 0 Å². The molecule has 0 fully saturated rings. The third kappa shape index (κ3) is 7.40. The Hall–Kier alpha value is -1.66. The zero-order chi connectivity index (χ0) is 17.7. The zero-order valence-electron chi connectivity index (χ0n) is 15.2. The van der Waals surface area contributed by atoms with Gasteiger partial charge in [-0.05, 0) is 31.1 Å². The molecule has 2 aromatic rings. The molecule has 0 saturated heterocycles. The molecule has 0 heterocycles. The van der Waals surface area contributed by atoms with Crippen LogP contribution in [0.1, 0.15) is 45.4 Å². The van der Waals surface area contributed by atoms with Crippen molar-refractivity contribution in [2.45, 2.75) is 45.4 Å². The summed E-state index contributed by atoms with van der Waals surface area (Å²) in [4.78, 5) is 12.1. The number of ether oxygens (including phenoxy) is 1. The van der Waals surface area contributed by atoms with Crippen molar-refractivity contribution in [1.29, 1.82) is 0 Å². The molecule has 25 heavy (non-hydrogen) atoms. The van der Waals surface area contributed by atoms with E-state index >= 15 is 0 Å². The molecular formula is C22H29O2P. The normalized spacial score (nSPS) is 10.8. The van der Waals surface area contributed by atoms with E-state index in [0.29, 0.717) is 13.0 Å². The van der Waals surface area contributed by atoms with Gasteiger partial charge < -0.3 is 4.74 Å². The van der Waals surface area contributed by atoms with E-state index in [4.69, 9.17) is 4.74 Å². The van der Waals surface area contributed by atoms with E-state index in [0.717, 1.165) is 19.0 Å². The van der Waals surface area contributed by atoms with Gasteiger partial charge in [-0.15, -0.1) is 0 Å². The van der Waals surface area contributed by atoms with Gasteiger partial charge in [-0.2, -0.15) is 0 Å². The molecule has 3 heteroatoms. The summed E-state index contributed by atoms with van der Waals surface area (Å²) in [7, 11) is -0.511. The number of rotatable bonds is 11. The van der Waals surface area contributed by atoms with Gasteiger partial charge in [0.2, 0.25) is 0 Å². The molecule has 0 saturated carbocycles. The zero-order valence-corrected chi connectivity index (χ0v) is 16.1. The van der Waals surface area contributed by atoms with E-state index in [1.807, 2.05) is 12.1 Å². The maximum Gasteiger partial charge on any atom is 0.306 e. The number of carbonyl (C=O) groups is 1. The molecule has 0 unspecified atom stereocenters. The SMILES string of the molecule is CCCCCCCOC(=O)CCP(c1ccccc1)c1ccccc1. The summed E-state index contributed by atoms with van der Waals surface area (Å²) in [5.74, 6) is -0.0603. The summed E-state index contributed by atoms with van der Waals surface area (Å²) in [6.45, 7) is 2.77. The number of carbonyl (C=O) groups excluding carboxylic acids is 1. The summed E-state index contributed by atoms with van der Waals surface area (Å²) >= 11 is 0. The van der Waals surface area contributed by atoms with Gasteiger partial charge in [-0.1, -0.05) is 93.3 Å². The highest BCUT2D eigenvalue weighted by atomic mass is 31.1. The summed E-state index contributed by atoms with van der Waals surface area (Å²) in [6, 6.07) is 21.0. The second kappa shape index (κ2) is 11.8. The molecule has 0 aliphatic heterocycles. The second-order valence-corrected chi connectivity index (χ2v) is 8.54. The minimum atomic E-state index is -0.511. The molecule has 0 aliphatic rings. The van der Waals surface area contributed by atoms with Crippen LogP contribution in [0.2, 0.25) is 0 Å². The first-order valence-electron chi connectivity index (χ1n) is 9.34. The molecular weight excluding hydrogens is 327 g/mol. The lowest BCUT2D eigenvalue weighted by Crippen LogP contribution is -2.16. The van der Waals surface area contributed by atoms with Crippen LogP contribution in [0.25, 0.3) is 0 Å². The van der Waals surface area contributed by atoms with Crippen molar-refractivity contribution in [3.05, 3.63) is 60.7 Å². The van der Waals surface area contributed by atoms with Gasteiger partial charge in [-0.25, -0.2) is 0 Å². The fourth-order valence-corrected chi connectivity index (χ4v) is 5.07. The van der Waals surface area contributed by atoms with Gasteiger partial charge in [0.1, 0.15) is 0 Å². The third-order valence-electron chi connectivity index (χ3n) is 4.19. The maximum absolute atomic E-state index is 12.1. The monoisotopic (exact) mass is 356 g/mol. The molecule has 0 aromatic heterocycles. The molecule has 2 rings (SSSR count). The van der Waals surface area contributed by atoms with Crippen molar-refractivity contribution < 1.29 is 9.53 Å². The summed E-state index contributed by atoms with van der Waals surface area (Å²) in [5, 5.41) is 2.63. The Morgan fingerprint density at radius 1 is 0.840 bits per heavy atom. The van der Waals surface area contributed by atoms with Gasteiger partial charge in [0.25, 0.3) is 0 Å². The Labute approximate surface area is 153 Å². The molecule has 0 atom stereocenters. The van der Waals surface area contributed by atoms with Gasteiger partial charge in [0, 0.05) is 0 Å². The highest BCUT2D eigenvalue weighted by Gasteiger charge is 2.15. The van der Waals surface area contributed by atoms with Crippen LogP contribution in [0.15, 0.2) is 60.7 Å². The van der Waals surface area contributed by atoms with Crippen LogP contribution in [0.4, 0.5) is 0 Å². The Morgan fingerprint density at radius 3 is 1.96 bits per heavy atom. The Bertz CT molecular complexity index is 558. The predicted molar refractivity (Wildman–Crippen MR) is 108 cm³/mol. The maximum atomic E-state index is 12.1.